The van der Waals surface area contributed by atoms with E-state index in [9.17, 15) is 4.79 Å². The summed E-state index contributed by atoms with van der Waals surface area (Å²) < 4.78 is 0. The SMILES string of the molecule is C[C@@H]1C[C@@]12CCCC2=O. The van der Waals surface area contributed by atoms with E-state index in [1.807, 2.05) is 0 Å². The zero-order valence-electron chi connectivity index (χ0n) is 5.81. The zero-order valence-corrected chi connectivity index (χ0v) is 5.81. The van der Waals surface area contributed by atoms with Gasteiger partial charge in [-0.3, -0.25) is 4.79 Å². The van der Waals surface area contributed by atoms with Gasteiger partial charge in [-0.25, -0.2) is 0 Å². The van der Waals surface area contributed by atoms with Gasteiger partial charge in [-0.1, -0.05) is 6.92 Å². The second-order valence-corrected chi connectivity index (χ2v) is 3.54. The van der Waals surface area contributed by atoms with E-state index in [-0.39, 0.29) is 5.41 Å². The Morgan fingerprint density at radius 1 is 1.67 bits per heavy atom. The number of carbonyl (C=O) groups is 1. The van der Waals surface area contributed by atoms with Crippen LogP contribution in [-0.2, 0) is 4.79 Å². The Bertz CT molecular complexity index is 162. The van der Waals surface area contributed by atoms with E-state index < -0.39 is 0 Å². The van der Waals surface area contributed by atoms with Gasteiger partial charge in [-0.15, -0.1) is 0 Å². The van der Waals surface area contributed by atoms with E-state index in [2.05, 4.69) is 6.92 Å². The van der Waals surface area contributed by atoms with Crippen molar-refractivity contribution in [3.63, 3.8) is 0 Å². The fourth-order valence-corrected chi connectivity index (χ4v) is 2.18. The molecule has 2 fully saturated rings. The lowest BCUT2D eigenvalue weighted by molar-refractivity contribution is -0.122. The molecule has 1 nitrogen and oxygen atoms in total. The van der Waals surface area contributed by atoms with Gasteiger partial charge in [0, 0.05) is 11.8 Å². The molecular formula is C8H12O. The maximum absolute atomic E-state index is 11.2. The highest BCUT2D eigenvalue weighted by atomic mass is 16.1. The minimum absolute atomic E-state index is 0.222. The van der Waals surface area contributed by atoms with Gasteiger partial charge in [0.2, 0.25) is 0 Å². The zero-order chi connectivity index (χ0) is 6.48. The molecule has 2 aliphatic carbocycles. The molecule has 0 aliphatic heterocycles. The second kappa shape index (κ2) is 1.39. The van der Waals surface area contributed by atoms with Crippen LogP contribution < -0.4 is 0 Å². The van der Waals surface area contributed by atoms with Crippen LogP contribution in [0.2, 0.25) is 0 Å². The van der Waals surface area contributed by atoms with Gasteiger partial charge in [0.05, 0.1) is 0 Å². The van der Waals surface area contributed by atoms with Crippen molar-refractivity contribution in [3.05, 3.63) is 0 Å². The third-order valence-corrected chi connectivity index (χ3v) is 3.04. The highest BCUT2D eigenvalue weighted by molar-refractivity contribution is 5.89. The van der Waals surface area contributed by atoms with Crippen LogP contribution in [0.1, 0.15) is 32.6 Å². The van der Waals surface area contributed by atoms with Crippen molar-refractivity contribution in [3.8, 4) is 0 Å². The molecule has 0 aromatic carbocycles. The molecule has 0 unspecified atom stereocenters. The van der Waals surface area contributed by atoms with Crippen LogP contribution in [0.25, 0.3) is 0 Å². The van der Waals surface area contributed by atoms with Crippen molar-refractivity contribution in [1.29, 1.82) is 0 Å². The molecule has 1 heteroatoms. The second-order valence-electron chi connectivity index (χ2n) is 3.54. The first-order valence-corrected chi connectivity index (χ1v) is 3.79. The summed E-state index contributed by atoms with van der Waals surface area (Å²) in [6.45, 7) is 2.20. The number of ketones is 1. The lowest BCUT2D eigenvalue weighted by atomic mass is 10.0. The molecule has 0 heterocycles. The summed E-state index contributed by atoms with van der Waals surface area (Å²) in [5.74, 6) is 1.27. The summed E-state index contributed by atoms with van der Waals surface area (Å²) in [5, 5.41) is 0. The average molecular weight is 124 g/mol. The molecule has 0 saturated heterocycles. The number of carbonyl (C=O) groups excluding carboxylic acids is 1. The van der Waals surface area contributed by atoms with Crippen LogP contribution in [0.15, 0.2) is 0 Å². The molecule has 2 aliphatic rings. The van der Waals surface area contributed by atoms with E-state index in [0.29, 0.717) is 11.7 Å². The maximum atomic E-state index is 11.2. The molecule has 1 spiro atoms. The van der Waals surface area contributed by atoms with Gasteiger partial charge in [0.25, 0.3) is 0 Å². The average Bonchev–Trinajstić information content (AvgIpc) is 2.29. The van der Waals surface area contributed by atoms with Crippen LogP contribution >= 0.6 is 0 Å². The van der Waals surface area contributed by atoms with Crippen molar-refractivity contribution >= 4 is 5.78 Å². The van der Waals surface area contributed by atoms with Gasteiger partial charge < -0.3 is 0 Å². The molecule has 2 atom stereocenters. The van der Waals surface area contributed by atoms with Crippen molar-refractivity contribution in [2.24, 2.45) is 11.3 Å². The predicted octanol–water partition coefficient (Wildman–Crippen LogP) is 1.77. The van der Waals surface area contributed by atoms with E-state index in [1.54, 1.807) is 0 Å². The number of Topliss-reactive ketones (excluding diaryl/α,β-unsaturated/α-hetero) is 1. The first-order chi connectivity index (χ1) is 4.26. The van der Waals surface area contributed by atoms with Crippen LogP contribution in [0.3, 0.4) is 0 Å². The topological polar surface area (TPSA) is 17.1 Å². The van der Waals surface area contributed by atoms with Crippen LogP contribution in [0.5, 0.6) is 0 Å². The Kier molecular flexibility index (Phi) is 0.842. The van der Waals surface area contributed by atoms with Crippen LogP contribution in [0.4, 0.5) is 0 Å². The normalized spacial score (nSPS) is 48.6. The van der Waals surface area contributed by atoms with Gasteiger partial charge in [-0.05, 0) is 25.2 Å². The summed E-state index contributed by atoms with van der Waals surface area (Å²) in [6, 6.07) is 0. The quantitative estimate of drug-likeness (QED) is 0.481. The first kappa shape index (κ1) is 5.45. The van der Waals surface area contributed by atoms with E-state index in [4.69, 9.17) is 0 Å². The van der Waals surface area contributed by atoms with Gasteiger partial charge in [-0.2, -0.15) is 0 Å². The molecule has 2 rings (SSSR count). The Morgan fingerprint density at radius 3 is 2.56 bits per heavy atom. The van der Waals surface area contributed by atoms with Crippen LogP contribution in [0, 0.1) is 11.3 Å². The lowest BCUT2D eigenvalue weighted by Gasteiger charge is -2.00. The standard InChI is InChI=1S/C8H12O/c1-6-5-8(6)4-2-3-7(8)9/h6H,2-5H2,1H3/t6-,8+/m1/s1. The summed E-state index contributed by atoms with van der Waals surface area (Å²) in [7, 11) is 0. The molecule has 0 amide bonds. The molecule has 0 radical (unpaired) electrons. The predicted molar refractivity (Wildman–Crippen MR) is 35.1 cm³/mol. The van der Waals surface area contributed by atoms with E-state index in [1.165, 1.54) is 12.8 Å². The minimum Gasteiger partial charge on any atom is -0.299 e. The van der Waals surface area contributed by atoms with Crippen molar-refractivity contribution < 1.29 is 4.79 Å². The monoisotopic (exact) mass is 124 g/mol. The molecule has 0 N–H and O–H groups in total. The third-order valence-electron chi connectivity index (χ3n) is 3.04. The first-order valence-electron chi connectivity index (χ1n) is 3.79. The third kappa shape index (κ3) is 0.525. The molecule has 2 saturated carbocycles. The highest BCUT2D eigenvalue weighted by Crippen LogP contribution is 2.60. The number of rotatable bonds is 0. The largest absolute Gasteiger partial charge is 0.299 e. The van der Waals surface area contributed by atoms with Crippen molar-refractivity contribution in [2.75, 3.05) is 0 Å². The molecule has 0 bridgehead atoms. The molecule has 9 heavy (non-hydrogen) atoms. The summed E-state index contributed by atoms with van der Waals surface area (Å²) in [5.41, 5.74) is 0.222. The fourth-order valence-electron chi connectivity index (χ4n) is 2.18. The Balaban J connectivity index is 2.21. The Morgan fingerprint density at radius 2 is 2.33 bits per heavy atom. The summed E-state index contributed by atoms with van der Waals surface area (Å²) >= 11 is 0. The molecule has 50 valence electrons. The lowest BCUT2D eigenvalue weighted by Crippen LogP contribution is -2.08. The minimum atomic E-state index is 0.222. The van der Waals surface area contributed by atoms with E-state index in [0.717, 1.165) is 12.8 Å². The fraction of sp³-hybridized carbons (Fsp3) is 0.875. The summed E-state index contributed by atoms with van der Waals surface area (Å²) in [6.07, 6.45) is 4.40. The van der Waals surface area contributed by atoms with Gasteiger partial charge in [0.1, 0.15) is 5.78 Å². The van der Waals surface area contributed by atoms with Gasteiger partial charge >= 0.3 is 0 Å². The van der Waals surface area contributed by atoms with Gasteiger partial charge in [0.15, 0.2) is 0 Å². The maximum Gasteiger partial charge on any atom is 0.139 e. The number of hydrogen-bond donors (Lipinski definition) is 0. The Hall–Kier alpha value is -0.330. The van der Waals surface area contributed by atoms with Crippen molar-refractivity contribution in [1.82, 2.24) is 0 Å². The summed E-state index contributed by atoms with van der Waals surface area (Å²) in [4.78, 5) is 11.2. The van der Waals surface area contributed by atoms with Crippen molar-refractivity contribution in [2.45, 2.75) is 32.6 Å². The Labute approximate surface area is 55.4 Å². The molecule has 0 aromatic rings. The molecule has 0 aromatic heterocycles. The van der Waals surface area contributed by atoms with E-state index >= 15 is 0 Å². The highest BCUT2D eigenvalue weighted by Gasteiger charge is 2.58. The smallest absolute Gasteiger partial charge is 0.139 e. The molecular weight excluding hydrogens is 112 g/mol. The van der Waals surface area contributed by atoms with Crippen LogP contribution in [-0.4, -0.2) is 5.78 Å². The number of hydrogen-bond acceptors (Lipinski definition) is 1.